The quantitative estimate of drug-likeness (QED) is 0.335. The van der Waals surface area contributed by atoms with Crippen molar-refractivity contribution in [2.24, 2.45) is 10.9 Å². The molecule has 160 valence electrons. The first-order valence-electron chi connectivity index (χ1n) is 10.7. The Hall–Kier alpha value is -0.380. The van der Waals surface area contributed by atoms with Crippen LogP contribution in [0.5, 0.6) is 0 Å². The van der Waals surface area contributed by atoms with Crippen LogP contribution in [0.2, 0.25) is 0 Å². The summed E-state index contributed by atoms with van der Waals surface area (Å²) in [6.07, 6.45) is 5.24. The number of hydrogen-bond donors (Lipinski definition) is 1. The molecule has 0 aliphatic carbocycles. The number of piperidine rings is 2. The molecule has 1 unspecified atom stereocenters. The normalized spacial score (nSPS) is 22.1. The molecular weight excluding hydrogens is 483 g/mol. The Kier molecular flexibility index (Phi) is 11.1. The minimum atomic E-state index is 0. The van der Waals surface area contributed by atoms with Gasteiger partial charge in [0.25, 0.3) is 0 Å². The van der Waals surface area contributed by atoms with Gasteiger partial charge in [-0.3, -0.25) is 9.89 Å². The van der Waals surface area contributed by atoms with E-state index in [9.17, 15) is 0 Å². The van der Waals surface area contributed by atoms with Gasteiger partial charge in [-0.25, -0.2) is 0 Å². The van der Waals surface area contributed by atoms with Gasteiger partial charge in [0, 0.05) is 50.8 Å². The third-order valence-corrected chi connectivity index (χ3v) is 6.40. The van der Waals surface area contributed by atoms with Gasteiger partial charge >= 0.3 is 0 Å². The van der Waals surface area contributed by atoms with Crippen LogP contribution in [0, 0.1) is 5.92 Å². The molecule has 2 fully saturated rings. The number of nitrogens with one attached hydrogen (secondary N) is 1. The monoisotopic (exact) mass is 520 g/mol. The van der Waals surface area contributed by atoms with Gasteiger partial charge in [0.2, 0.25) is 0 Å². The van der Waals surface area contributed by atoms with Crippen molar-refractivity contribution in [1.29, 1.82) is 0 Å². The van der Waals surface area contributed by atoms with E-state index in [1.165, 1.54) is 30.8 Å². The van der Waals surface area contributed by atoms with Crippen LogP contribution in [-0.4, -0.2) is 67.7 Å². The highest BCUT2D eigenvalue weighted by molar-refractivity contribution is 14.0. The molecular formula is C21H37IN4OS. The number of nitrogens with zero attached hydrogens (tertiary/aromatic N) is 3. The first-order valence-corrected chi connectivity index (χ1v) is 11.6. The van der Waals surface area contributed by atoms with Gasteiger partial charge in [0.05, 0.1) is 6.10 Å². The van der Waals surface area contributed by atoms with Gasteiger partial charge in [-0.1, -0.05) is 6.07 Å². The summed E-state index contributed by atoms with van der Waals surface area (Å²) in [5.74, 6) is 1.77. The van der Waals surface area contributed by atoms with E-state index in [0.717, 1.165) is 58.1 Å². The molecule has 2 aliphatic rings. The number of aliphatic imine (C=N–C) groups is 1. The van der Waals surface area contributed by atoms with Crippen molar-refractivity contribution in [2.45, 2.75) is 52.2 Å². The minimum Gasteiger partial charge on any atom is -0.378 e. The molecule has 7 heteroatoms. The topological polar surface area (TPSA) is 40.1 Å². The molecule has 0 amide bonds. The first kappa shape index (κ1) is 23.9. The fourth-order valence-corrected chi connectivity index (χ4v) is 4.92. The standard InChI is InChI=1S/C21H36N4OS.HI/c1-3-22-21(25-12-9-19(10-13-25)26-4-2)23-15-18-7-5-11-24(16-18)17-20-8-6-14-27-20;/h6,8,14,18-19H,3-5,7,9-13,15-17H2,1-2H3,(H,22,23);1H. The molecule has 0 radical (unpaired) electrons. The number of halogens is 1. The van der Waals surface area contributed by atoms with Crippen LogP contribution in [0.25, 0.3) is 0 Å². The number of guanidine groups is 1. The Morgan fingerprint density at radius 2 is 2.07 bits per heavy atom. The summed E-state index contributed by atoms with van der Waals surface area (Å²) in [5, 5.41) is 5.69. The van der Waals surface area contributed by atoms with E-state index in [-0.39, 0.29) is 24.0 Å². The zero-order chi connectivity index (χ0) is 18.9. The number of ether oxygens (including phenoxy) is 1. The second-order valence-corrected chi connectivity index (χ2v) is 8.69. The number of hydrogen-bond acceptors (Lipinski definition) is 4. The van der Waals surface area contributed by atoms with Crippen LogP contribution >= 0.6 is 35.3 Å². The predicted octanol–water partition coefficient (Wildman–Crippen LogP) is 4.04. The van der Waals surface area contributed by atoms with Crippen molar-refractivity contribution < 1.29 is 4.74 Å². The van der Waals surface area contributed by atoms with Crippen LogP contribution in [0.1, 0.15) is 44.4 Å². The van der Waals surface area contributed by atoms with Crippen LogP contribution in [0.3, 0.4) is 0 Å². The minimum absolute atomic E-state index is 0. The third kappa shape index (κ3) is 7.46. The summed E-state index contributed by atoms with van der Waals surface area (Å²) in [5.41, 5.74) is 0. The Morgan fingerprint density at radius 1 is 1.25 bits per heavy atom. The van der Waals surface area contributed by atoms with Crippen molar-refractivity contribution in [3.8, 4) is 0 Å². The largest absolute Gasteiger partial charge is 0.378 e. The fraction of sp³-hybridized carbons (Fsp3) is 0.762. The average Bonchev–Trinajstić information content (AvgIpc) is 3.19. The lowest BCUT2D eigenvalue weighted by molar-refractivity contribution is 0.0263. The van der Waals surface area contributed by atoms with Crippen LogP contribution in [0.4, 0.5) is 0 Å². The SMILES string of the molecule is CCNC(=NCC1CCCN(Cc2cccs2)C1)N1CCC(OCC)CC1.I. The zero-order valence-electron chi connectivity index (χ0n) is 17.4. The molecule has 3 heterocycles. The van der Waals surface area contributed by atoms with Crippen molar-refractivity contribution >= 4 is 41.3 Å². The van der Waals surface area contributed by atoms with Gasteiger partial charge in [-0.15, -0.1) is 35.3 Å². The molecule has 5 nitrogen and oxygen atoms in total. The Bertz CT molecular complexity index is 561. The highest BCUT2D eigenvalue weighted by Crippen LogP contribution is 2.21. The summed E-state index contributed by atoms with van der Waals surface area (Å²) in [7, 11) is 0. The molecule has 1 atom stereocenters. The number of thiophene rings is 1. The van der Waals surface area contributed by atoms with Gasteiger partial charge in [0.1, 0.15) is 0 Å². The van der Waals surface area contributed by atoms with Gasteiger partial charge < -0.3 is 15.0 Å². The van der Waals surface area contributed by atoms with E-state index in [1.807, 2.05) is 11.3 Å². The smallest absolute Gasteiger partial charge is 0.193 e. The number of rotatable bonds is 7. The van der Waals surface area contributed by atoms with Crippen LogP contribution in [0.15, 0.2) is 22.5 Å². The lowest BCUT2D eigenvalue weighted by atomic mass is 9.98. The van der Waals surface area contributed by atoms with E-state index >= 15 is 0 Å². The van der Waals surface area contributed by atoms with E-state index in [4.69, 9.17) is 9.73 Å². The molecule has 0 saturated carbocycles. The summed E-state index contributed by atoms with van der Waals surface area (Å²) in [6, 6.07) is 4.41. The van der Waals surface area contributed by atoms with Gasteiger partial charge in [-0.2, -0.15) is 0 Å². The lowest BCUT2D eigenvalue weighted by Gasteiger charge is -2.35. The van der Waals surface area contributed by atoms with E-state index in [0.29, 0.717) is 12.0 Å². The van der Waals surface area contributed by atoms with Crippen LogP contribution in [-0.2, 0) is 11.3 Å². The highest BCUT2D eigenvalue weighted by atomic mass is 127. The second-order valence-electron chi connectivity index (χ2n) is 7.66. The predicted molar refractivity (Wildman–Crippen MR) is 130 cm³/mol. The van der Waals surface area contributed by atoms with Gasteiger partial charge in [-0.05, 0) is 63.4 Å². The molecule has 1 aromatic rings. The maximum absolute atomic E-state index is 5.79. The maximum Gasteiger partial charge on any atom is 0.193 e. The summed E-state index contributed by atoms with van der Waals surface area (Å²) in [4.78, 5) is 11.5. The number of likely N-dealkylation sites (tertiary alicyclic amines) is 2. The first-order chi connectivity index (χ1) is 13.3. The summed E-state index contributed by atoms with van der Waals surface area (Å²) >= 11 is 1.87. The summed E-state index contributed by atoms with van der Waals surface area (Å²) < 4.78 is 5.79. The van der Waals surface area contributed by atoms with E-state index < -0.39 is 0 Å². The Morgan fingerprint density at radius 3 is 2.75 bits per heavy atom. The molecule has 0 bridgehead atoms. The second kappa shape index (κ2) is 13.0. The Labute approximate surface area is 191 Å². The molecule has 0 spiro atoms. The van der Waals surface area contributed by atoms with Crippen molar-refractivity contribution in [3.63, 3.8) is 0 Å². The molecule has 2 saturated heterocycles. The van der Waals surface area contributed by atoms with Crippen molar-refractivity contribution in [2.75, 3.05) is 45.9 Å². The van der Waals surface area contributed by atoms with Crippen molar-refractivity contribution in [1.82, 2.24) is 15.1 Å². The third-order valence-electron chi connectivity index (χ3n) is 5.54. The Balaban J connectivity index is 0.00000280. The van der Waals surface area contributed by atoms with E-state index in [1.54, 1.807) is 0 Å². The van der Waals surface area contributed by atoms with Crippen molar-refractivity contribution in [3.05, 3.63) is 22.4 Å². The van der Waals surface area contributed by atoms with E-state index in [2.05, 4.69) is 46.5 Å². The average molecular weight is 521 g/mol. The van der Waals surface area contributed by atoms with Crippen LogP contribution < -0.4 is 5.32 Å². The lowest BCUT2D eigenvalue weighted by Crippen LogP contribution is -2.47. The molecule has 2 aliphatic heterocycles. The van der Waals surface area contributed by atoms with Gasteiger partial charge in [0.15, 0.2) is 5.96 Å². The summed E-state index contributed by atoms with van der Waals surface area (Å²) in [6.45, 7) is 12.5. The molecule has 1 N–H and O–H groups in total. The fourth-order valence-electron chi connectivity index (χ4n) is 4.18. The molecule has 3 rings (SSSR count). The molecule has 28 heavy (non-hydrogen) atoms. The zero-order valence-corrected chi connectivity index (χ0v) is 20.6. The highest BCUT2D eigenvalue weighted by Gasteiger charge is 2.23. The molecule has 1 aromatic heterocycles. The molecule has 0 aromatic carbocycles. The maximum atomic E-state index is 5.79.